The Kier molecular flexibility index (Phi) is 6.19. The molecule has 11 nitrogen and oxygen atoms in total. The Hall–Kier alpha value is -4.38. The number of amides is 2. The summed E-state index contributed by atoms with van der Waals surface area (Å²) >= 11 is 0. The first kappa shape index (κ1) is 22.8. The molecule has 1 heterocycles. The van der Waals surface area contributed by atoms with E-state index in [-0.39, 0.29) is 46.1 Å². The second-order valence-electron chi connectivity index (χ2n) is 7.44. The van der Waals surface area contributed by atoms with E-state index < -0.39 is 16.7 Å². The molecule has 0 spiro atoms. The van der Waals surface area contributed by atoms with Gasteiger partial charge in [0.1, 0.15) is 11.4 Å². The first-order valence-electron chi connectivity index (χ1n) is 10.2. The predicted molar refractivity (Wildman–Crippen MR) is 121 cm³/mol. The predicted octanol–water partition coefficient (Wildman–Crippen LogP) is 4.51. The monoisotopic (exact) mass is 464 g/mol. The van der Waals surface area contributed by atoms with Crippen LogP contribution in [0.2, 0.25) is 0 Å². The number of nitro groups is 1. The van der Waals surface area contributed by atoms with E-state index in [1.54, 1.807) is 18.2 Å². The fourth-order valence-corrected chi connectivity index (χ4v) is 3.80. The Bertz CT molecular complexity index is 1350. The Labute approximate surface area is 193 Å². The zero-order valence-corrected chi connectivity index (χ0v) is 18.3. The summed E-state index contributed by atoms with van der Waals surface area (Å²) in [4.78, 5) is 37.7. The molecule has 0 aliphatic carbocycles. The maximum Gasteiger partial charge on any atom is 0.273 e. The maximum atomic E-state index is 13.2. The minimum atomic E-state index is -0.563. The average Bonchev–Trinajstić information content (AvgIpc) is 2.84. The second kappa shape index (κ2) is 9.24. The molecule has 3 aromatic rings. The fourth-order valence-electron chi connectivity index (χ4n) is 3.80. The highest BCUT2D eigenvalue weighted by Crippen LogP contribution is 2.42. The van der Waals surface area contributed by atoms with Crippen molar-refractivity contribution in [2.75, 3.05) is 27.4 Å². The van der Waals surface area contributed by atoms with Crippen molar-refractivity contribution in [3.8, 4) is 11.5 Å². The number of ether oxygens (including phenoxy) is 2. The van der Waals surface area contributed by atoms with Crippen molar-refractivity contribution >= 4 is 39.6 Å². The molecule has 0 atom stereocenters. The lowest BCUT2D eigenvalue weighted by Crippen LogP contribution is -2.41. The van der Waals surface area contributed by atoms with Crippen LogP contribution in [0.25, 0.3) is 10.8 Å². The van der Waals surface area contributed by atoms with Crippen molar-refractivity contribution in [3.05, 3.63) is 63.7 Å². The third-order valence-corrected chi connectivity index (χ3v) is 5.43. The van der Waals surface area contributed by atoms with Crippen molar-refractivity contribution in [1.82, 2.24) is 4.90 Å². The molecule has 0 unspecified atom stereocenters. The molecule has 2 amide bonds. The molecule has 1 aliphatic rings. The minimum Gasteiger partial charge on any atom is -0.505 e. The number of hydrogen-bond donors (Lipinski definition) is 1. The summed E-state index contributed by atoms with van der Waals surface area (Å²) in [6, 6.07) is 10.00. The summed E-state index contributed by atoms with van der Waals surface area (Å²) in [5, 5.41) is 30.6. The molecule has 1 aliphatic heterocycles. The molecule has 34 heavy (non-hydrogen) atoms. The highest BCUT2D eigenvalue weighted by atomic mass is 16.6. The van der Waals surface area contributed by atoms with Crippen LogP contribution in [-0.4, -0.2) is 54.1 Å². The Morgan fingerprint density at radius 2 is 1.76 bits per heavy atom. The van der Waals surface area contributed by atoms with Crippen molar-refractivity contribution in [2.24, 2.45) is 10.2 Å². The van der Waals surface area contributed by atoms with E-state index >= 15 is 0 Å². The lowest BCUT2D eigenvalue weighted by Gasteiger charge is -2.27. The van der Waals surface area contributed by atoms with Gasteiger partial charge in [0, 0.05) is 42.7 Å². The van der Waals surface area contributed by atoms with Crippen LogP contribution in [0.4, 0.5) is 17.1 Å². The molecule has 0 fully saturated rings. The summed E-state index contributed by atoms with van der Waals surface area (Å²) in [5.41, 5.74) is 0.535. The lowest BCUT2D eigenvalue weighted by atomic mass is 9.92. The average molecular weight is 464 g/mol. The smallest absolute Gasteiger partial charge is 0.273 e. The quantitative estimate of drug-likeness (QED) is 0.170. The third kappa shape index (κ3) is 3.92. The van der Waals surface area contributed by atoms with Crippen LogP contribution < -0.4 is 4.74 Å². The number of phenols is 1. The van der Waals surface area contributed by atoms with E-state index in [0.29, 0.717) is 24.0 Å². The number of hydrogen-bond acceptors (Lipinski definition) is 9. The highest BCUT2D eigenvalue weighted by Gasteiger charge is 2.34. The van der Waals surface area contributed by atoms with Crippen molar-refractivity contribution in [3.63, 3.8) is 0 Å². The molecule has 0 radical (unpaired) electrons. The number of nitro benzene ring substituents is 1. The molecule has 3 aromatic carbocycles. The molecule has 0 aromatic heterocycles. The van der Waals surface area contributed by atoms with Gasteiger partial charge in [-0.3, -0.25) is 24.6 Å². The Balaban J connectivity index is 1.79. The van der Waals surface area contributed by atoms with Gasteiger partial charge < -0.3 is 14.6 Å². The number of azo groups is 1. The van der Waals surface area contributed by atoms with Gasteiger partial charge in [-0.15, -0.1) is 10.2 Å². The zero-order chi connectivity index (χ0) is 24.4. The number of imide groups is 1. The van der Waals surface area contributed by atoms with Gasteiger partial charge in [0.25, 0.3) is 17.5 Å². The number of nitrogens with zero attached hydrogens (tertiary/aromatic N) is 4. The first-order valence-corrected chi connectivity index (χ1v) is 10.2. The fraction of sp³-hybridized carbons (Fsp3) is 0.217. The standard InChI is InChI=1S/C23H20N4O7/c1-33-10-4-9-26-22(29)15-6-3-5-14-20(15)16(23(26)30)12-18(21(14)28)25-24-17-8-7-13(27(31)32)11-19(17)34-2/h3,5-8,11-12,28H,4,9-10H2,1-2H3. The Morgan fingerprint density at radius 1 is 1.03 bits per heavy atom. The van der Waals surface area contributed by atoms with Crippen molar-refractivity contribution in [1.29, 1.82) is 0 Å². The molecule has 0 saturated carbocycles. The molecular weight excluding hydrogens is 444 g/mol. The molecule has 0 bridgehead atoms. The Morgan fingerprint density at radius 3 is 2.47 bits per heavy atom. The number of aromatic hydroxyl groups is 1. The maximum absolute atomic E-state index is 13.2. The van der Waals surface area contributed by atoms with E-state index in [9.17, 15) is 24.8 Å². The van der Waals surface area contributed by atoms with E-state index in [2.05, 4.69) is 10.2 Å². The zero-order valence-electron chi connectivity index (χ0n) is 18.3. The van der Waals surface area contributed by atoms with Gasteiger partial charge >= 0.3 is 0 Å². The number of methoxy groups -OCH3 is 2. The second-order valence-corrected chi connectivity index (χ2v) is 7.44. The first-order chi connectivity index (χ1) is 16.4. The molecule has 11 heteroatoms. The summed E-state index contributed by atoms with van der Waals surface area (Å²) < 4.78 is 10.2. The van der Waals surface area contributed by atoms with Crippen LogP contribution >= 0.6 is 0 Å². The van der Waals surface area contributed by atoms with Gasteiger partial charge in [-0.2, -0.15) is 0 Å². The molecule has 1 N–H and O–H groups in total. The number of benzene rings is 3. The van der Waals surface area contributed by atoms with Crippen LogP contribution in [0, 0.1) is 10.1 Å². The van der Waals surface area contributed by atoms with Crippen LogP contribution in [-0.2, 0) is 4.74 Å². The molecule has 4 rings (SSSR count). The van der Waals surface area contributed by atoms with Crippen LogP contribution in [0.5, 0.6) is 11.5 Å². The topological polar surface area (TPSA) is 144 Å². The van der Waals surface area contributed by atoms with E-state index in [0.717, 1.165) is 4.90 Å². The van der Waals surface area contributed by atoms with Gasteiger partial charge in [-0.05, 0) is 24.6 Å². The van der Waals surface area contributed by atoms with Gasteiger partial charge in [-0.25, -0.2) is 0 Å². The summed E-state index contributed by atoms with van der Waals surface area (Å²) in [7, 11) is 2.88. The van der Waals surface area contributed by atoms with Gasteiger partial charge in [0.2, 0.25) is 0 Å². The van der Waals surface area contributed by atoms with E-state index in [1.165, 1.54) is 38.5 Å². The summed E-state index contributed by atoms with van der Waals surface area (Å²) in [5.74, 6) is -1.08. The largest absolute Gasteiger partial charge is 0.505 e. The van der Waals surface area contributed by atoms with Gasteiger partial charge in [0.05, 0.1) is 23.7 Å². The normalized spacial score (nSPS) is 13.2. The molecule has 174 valence electrons. The van der Waals surface area contributed by atoms with E-state index in [4.69, 9.17) is 9.47 Å². The van der Waals surface area contributed by atoms with Gasteiger partial charge in [0.15, 0.2) is 11.5 Å². The van der Waals surface area contributed by atoms with Crippen LogP contribution in [0.15, 0.2) is 52.7 Å². The van der Waals surface area contributed by atoms with Gasteiger partial charge in [-0.1, -0.05) is 12.1 Å². The SMILES string of the molecule is COCCCN1C(=O)c2cccc3c(O)c(N=Nc4ccc([N+](=O)[O-])cc4OC)cc(c23)C1=O. The highest BCUT2D eigenvalue weighted by molar-refractivity contribution is 6.26. The number of non-ortho nitro benzene ring substituents is 1. The van der Waals surface area contributed by atoms with Crippen LogP contribution in [0.3, 0.4) is 0 Å². The summed E-state index contributed by atoms with van der Waals surface area (Å²) in [6.45, 7) is 0.569. The lowest BCUT2D eigenvalue weighted by molar-refractivity contribution is -0.384. The van der Waals surface area contributed by atoms with Crippen molar-refractivity contribution < 1.29 is 29.1 Å². The molecule has 0 saturated heterocycles. The molecular formula is C23H20N4O7. The third-order valence-electron chi connectivity index (χ3n) is 5.43. The summed E-state index contributed by atoms with van der Waals surface area (Å²) in [6.07, 6.45) is 0.476. The number of rotatable bonds is 8. The number of carbonyl (C=O) groups is 2. The number of carbonyl (C=O) groups excluding carboxylic acids is 2. The van der Waals surface area contributed by atoms with Crippen LogP contribution in [0.1, 0.15) is 27.1 Å². The van der Waals surface area contributed by atoms with E-state index in [1.807, 2.05) is 0 Å². The van der Waals surface area contributed by atoms with Crippen molar-refractivity contribution in [2.45, 2.75) is 6.42 Å². The minimum absolute atomic E-state index is 0.000374. The number of phenolic OH excluding ortho intramolecular Hbond substituents is 1.